The summed E-state index contributed by atoms with van der Waals surface area (Å²) >= 11 is 0. The highest BCUT2D eigenvalue weighted by Crippen LogP contribution is 2.59. The van der Waals surface area contributed by atoms with Crippen molar-refractivity contribution in [3.05, 3.63) is 509 Å². The molecule has 6 heterocycles. The molecule has 24 aromatic rings. The van der Waals surface area contributed by atoms with E-state index in [0.717, 1.165) is 219 Å². The van der Waals surface area contributed by atoms with Crippen LogP contribution in [0.5, 0.6) is 34.5 Å². The van der Waals surface area contributed by atoms with Crippen molar-refractivity contribution in [1.29, 1.82) is 0 Å². The molecule has 0 saturated carbocycles. The van der Waals surface area contributed by atoms with Gasteiger partial charge in [0.2, 0.25) is 0 Å². The van der Waals surface area contributed by atoms with Gasteiger partial charge in [-0.25, -0.2) is 0 Å². The van der Waals surface area contributed by atoms with Crippen LogP contribution in [0.2, 0.25) is 0 Å². The summed E-state index contributed by atoms with van der Waals surface area (Å²) < 4.78 is 38.8. The van der Waals surface area contributed by atoms with Gasteiger partial charge in [-0.1, -0.05) is 281 Å². The second-order valence-corrected chi connectivity index (χ2v) is 36.2. The summed E-state index contributed by atoms with van der Waals surface area (Å²) in [5, 5.41) is 6.67. The molecule has 3 aromatic heterocycles. The predicted octanol–water partition coefficient (Wildman–Crippen LogP) is 37.5. The van der Waals surface area contributed by atoms with Crippen LogP contribution in [0.25, 0.3) is 99.2 Å². The van der Waals surface area contributed by atoms with Crippen molar-refractivity contribution in [3.63, 3.8) is 0 Å². The average Bonchev–Trinajstić information content (AvgIpc) is 1.67. The van der Waals surface area contributed by atoms with Crippen LogP contribution in [-0.4, -0.2) is 0 Å². The molecule has 12 nitrogen and oxygen atoms in total. The number of nitrogens with zero attached hydrogens (tertiary/aromatic N) is 6. The maximum absolute atomic E-state index is 6.68. The zero-order chi connectivity index (χ0) is 93.6. The van der Waals surface area contributed by atoms with E-state index < -0.39 is 0 Å². The zero-order valence-electron chi connectivity index (χ0n) is 77.0. The minimum atomic E-state index is -0.0517. The Morgan fingerprint density at radius 3 is 0.950 bits per heavy atom. The molecule has 0 saturated heterocycles. The van der Waals surface area contributed by atoms with Gasteiger partial charge in [0, 0.05) is 120 Å². The van der Waals surface area contributed by atoms with Gasteiger partial charge in [-0.3, -0.25) is 0 Å². The molecule has 28 rings (SSSR count). The maximum atomic E-state index is 6.68. The summed E-state index contributed by atoms with van der Waals surface area (Å²) in [6.07, 6.45) is 0. The number of fused-ring (bicyclic) bond motifs is 18. The normalized spacial score (nSPS) is 12.7. The first-order valence-electron chi connectivity index (χ1n) is 47.6. The summed E-state index contributed by atoms with van der Waals surface area (Å²) in [5.41, 5.74) is 33.5. The fourth-order valence-electron chi connectivity index (χ4n) is 20.9. The Balaban J connectivity index is 0.000000109. The van der Waals surface area contributed by atoms with Gasteiger partial charge in [0.1, 0.15) is 33.5 Å². The van der Waals surface area contributed by atoms with Gasteiger partial charge < -0.3 is 56.9 Å². The molecule has 0 fully saturated rings. The lowest BCUT2D eigenvalue weighted by molar-refractivity contribution is 0.477. The van der Waals surface area contributed by atoms with Crippen molar-refractivity contribution in [2.75, 3.05) is 29.4 Å². The first-order chi connectivity index (χ1) is 69.7. The van der Waals surface area contributed by atoms with Gasteiger partial charge in [0.15, 0.2) is 34.5 Å². The molecule has 0 bridgehead atoms. The van der Waals surface area contributed by atoms with Crippen molar-refractivity contribution < 1.29 is 27.5 Å². The molecule has 670 valence electrons. The number of ether oxygens (including phenoxy) is 3. The van der Waals surface area contributed by atoms with E-state index in [-0.39, 0.29) is 5.41 Å². The van der Waals surface area contributed by atoms with Gasteiger partial charge >= 0.3 is 0 Å². The van der Waals surface area contributed by atoms with E-state index in [1.807, 2.05) is 115 Å². The molecule has 0 amide bonds. The van der Waals surface area contributed by atoms with E-state index in [2.05, 4.69) is 425 Å². The highest BCUT2D eigenvalue weighted by molar-refractivity contribution is 6.10. The van der Waals surface area contributed by atoms with Crippen LogP contribution in [0.4, 0.5) is 102 Å². The third-order valence-electron chi connectivity index (χ3n) is 27.5. The van der Waals surface area contributed by atoms with Crippen molar-refractivity contribution >= 4 is 168 Å². The Morgan fingerprint density at radius 1 is 0.184 bits per heavy atom. The van der Waals surface area contributed by atoms with Crippen molar-refractivity contribution in [2.24, 2.45) is 0 Å². The fourth-order valence-corrected chi connectivity index (χ4v) is 20.9. The van der Waals surface area contributed by atoms with E-state index in [1.54, 1.807) is 0 Å². The van der Waals surface area contributed by atoms with Crippen LogP contribution < -0.4 is 43.6 Å². The van der Waals surface area contributed by atoms with Crippen molar-refractivity contribution in [3.8, 4) is 67.9 Å². The van der Waals surface area contributed by atoms with Crippen LogP contribution in [0, 0.1) is 0 Å². The first-order valence-corrected chi connectivity index (χ1v) is 47.6. The Bertz CT molecular complexity index is 8950. The Kier molecular flexibility index (Phi) is 20.3. The third-order valence-corrected chi connectivity index (χ3v) is 27.5. The molecule has 21 aromatic carbocycles. The number of para-hydroxylation sites is 13. The number of benzene rings is 21. The molecule has 0 atom stereocenters. The highest BCUT2D eigenvalue weighted by atomic mass is 16.5. The average molecular weight is 1820 g/mol. The van der Waals surface area contributed by atoms with Gasteiger partial charge in [-0.15, -0.1) is 0 Å². The molecule has 3 aliphatic heterocycles. The molecule has 0 unspecified atom stereocenters. The smallest absolute Gasteiger partial charge is 0.153 e. The second-order valence-electron chi connectivity index (χ2n) is 36.2. The molecular weight excluding hydrogens is 1730 g/mol. The summed E-state index contributed by atoms with van der Waals surface area (Å²) in [6, 6.07) is 173. The summed E-state index contributed by atoms with van der Waals surface area (Å²) in [5.74, 6) is 4.75. The maximum Gasteiger partial charge on any atom is 0.153 e. The second kappa shape index (κ2) is 34.5. The third kappa shape index (κ3) is 14.7. The number of hydrogen-bond donors (Lipinski definition) is 0. The van der Waals surface area contributed by atoms with E-state index >= 15 is 0 Å². The Labute approximate surface area is 815 Å². The molecule has 0 radical (unpaired) electrons. The number of anilines is 18. The number of hydrogen-bond acceptors (Lipinski definition) is 12. The molecule has 141 heavy (non-hydrogen) atoms. The molecule has 12 heteroatoms. The number of furan rings is 3. The van der Waals surface area contributed by atoms with Crippen LogP contribution in [-0.2, 0) is 5.41 Å². The lowest BCUT2D eigenvalue weighted by atomic mass is 9.82. The molecule has 4 aliphatic rings. The lowest BCUT2D eigenvalue weighted by Crippen LogP contribution is -2.17. The van der Waals surface area contributed by atoms with Crippen LogP contribution >= 0.6 is 0 Å². The van der Waals surface area contributed by atoms with E-state index in [4.69, 9.17) is 27.5 Å². The zero-order valence-corrected chi connectivity index (χ0v) is 77.0. The summed E-state index contributed by atoms with van der Waals surface area (Å²) in [7, 11) is 0. The monoisotopic (exact) mass is 1820 g/mol. The van der Waals surface area contributed by atoms with Crippen molar-refractivity contribution in [2.45, 2.75) is 19.3 Å². The van der Waals surface area contributed by atoms with Crippen LogP contribution in [0.15, 0.2) is 511 Å². The predicted molar refractivity (Wildman–Crippen MR) is 578 cm³/mol. The first kappa shape index (κ1) is 82.9. The van der Waals surface area contributed by atoms with Crippen LogP contribution in [0.3, 0.4) is 0 Å². The topological polar surface area (TPSA) is 86.6 Å². The quantitative estimate of drug-likeness (QED) is 0.104. The summed E-state index contributed by atoms with van der Waals surface area (Å²) in [4.78, 5) is 13.7. The van der Waals surface area contributed by atoms with E-state index in [0.29, 0.717) is 0 Å². The molecular formula is C129H88N6O6. The molecule has 1 aliphatic carbocycles. The van der Waals surface area contributed by atoms with Gasteiger partial charge in [-0.2, -0.15) is 0 Å². The largest absolute Gasteiger partial charge is 0.456 e. The van der Waals surface area contributed by atoms with Gasteiger partial charge in [-0.05, 0) is 233 Å². The van der Waals surface area contributed by atoms with Crippen molar-refractivity contribution in [1.82, 2.24) is 0 Å². The summed E-state index contributed by atoms with van der Waals surface area (Å²) in [6.45, 7) is 4.64. The minimum Gasteiger partial charge on any atom is -0.456 e. The lowest BCUT2D eigenvalue weighted by Gasteiger charge is -2.34. The van der Waals surface area contributed by atoms with E-state index in [1.165, 1.54) is 27.8 Å². The Morgan fingerprint density at radius 2 is 0.496 bits per heavy atom. The van der Waals surface area contributed by atoms with Gasteiger partial charge in [0.05, 0.1) is 62.6 Å². The highest BCUT2D eigenvalue weighted by Gasteiger charge is 2.38. The minimum absolute atomic E-state index is 0.0517. The van der Waals surface area contributed by atoms with Crippen LogP contribution in [0.1, 0.15) is 25.0 Å². The SMILES string of the molecule is CC1(C)c2ccccc2-c2cc(N(c3ccccc3)c3ccc4c(c3)Oc3ccccc3N4c3ccc4c(c3)oc3ccccc34)ccc21.c1ccc(-c2cccc(N(c3ccccc3)c3ccc4c(c3)Oc3ccccc3N4c3ccc4c(c3)oc3ccccc34)c2)cc1.c1ccc(-c2ccccc2N(c2ccccc2)c2ccc3c(c2)Oc2ccccc2N3c2ccc3c(c2)oc2ccccc23)cc1. The molecule has 0 N–H and O–H groups in total. The number of rotatable bonds is 14. The molecule has 0 spiro atoms. The van der Waals surface area contributed by atoms with Gasteiger partial charge in [0.25, 0.3) is 0 Å². The standard InChI is InChI=1S/C45H32N2O2.2C42H28N2O2/c1-45(2)37-16-8-6-14-33(37)36-26-30(21-24-38(36)45)46(29-12-4-3-5-13-29)31-22-25-40-44(28-31)49-42-19-11-9-17-39(42)47(40)32-20-23-35-34-15-7-10-18-41(34)48-43(35)27-32;1-3-13-29(14-4-1)33-17-7-9-19-36(33)43(30-15-5-2-6-16-30)31-24-26-38-42(28-31)46-40-22-12-10-20-37(40)44(38)32-23-25-35-34-18-8-11-21-39(34)45-41(35)27-32;1-3-12-29(13-4-1)30-14-11-17-32(26-30)43(31-15-5-2-6-16-31)33-23-25-38-42(28-33)46-40-21-10-8-19-37(40)44(38)34-22-24-36-35-18-7-9-20-39(35)45-41(36)27-34/h3-28H,1-2H3;2*1-28H. The Hall–Kier alpha value is -18.8. The fraction of sp³-hybridized carbons (Fsp3) is 0.0233. The van der Waals surface area contributed by atoms with E-state index in [9.17, 15) is 0 Å².